The Labute approximate surface area is 124 Å². The van der Waals surface area contributed by atoms with Crippen LogP contribution in [0.4, 0.5) is 0 Å². The van der Waals surface area contributed by atoms with E-state index in [2.05, 4.69) is 41.9 Å². The molecule has 0 aliphatic rings. The van der Waals surface area contributed by atoms with Gasteiger partial charge in [-0.25, -0.2) is 0 Å². The number of hydrogen-bond acceptors (Lipinski definition) is 4. The maximum Gasteiger partial charge on any atom is 0.244 e. The fourth-order valence-corrected chi connectivity index (χ4v) is 2.24. The molecule has 0 saturated carbocycles. The third-order valence-corrected chi connectivity index (χ3v) is 3.36. The number of amides is 1. The minimum Gasteiger partial charge on any atom is -0.343 e. The van der Waals surface area contributed by atoms with Crippen molar-refractivity contribution in [2.24, 2.45) is 0 Å². The Kier molecular flexibility index (Phi) is 4.62. The first-order chi connectivity index (χ1) is 9.56. The number of carbonyl (C=O) groups is 1. The maximum absolute atomic E-state index is 11.8. The third kappa shape index (κ3) is 3.74. The van der Waals surface area contributed by atoms with E-state index in [1.54, 1.807) is 13.0 Å². The Bertz CT molecular complexity index is 624. The second kappa shape index (κ2) is 6.42. The van der Waals surface area contributed by atoms with Crippen LogP contribution in [0.25, 0.3) is 6.08 Å². The van der Waals surface area contributed by atoms with Crippen molar-refractivity contribution in [1.82, 2.24) is 25.9 Å². The maximum atomic E-state index is 11.8. The zero-order chi connectivity index (χ0) is 14.5. The molecule has 6 nitrogen and oxygen atoms in total. The van der Waals surface area contributed by atoms with Crippen LogP contribution >= 0.6 is 15.9 Å². The van der Waals surface area contributed by atoms with Crippen molar-refractivity contribution in [3.05, 3.63) is 45.7 Å². The number of aromatic amines is 1. The minimum absolute atomic E-state index is 0.213. The van der Waals surface area contributed by atoms with Crippen molar-refractivity contribution in [3.8, 4) is 0 Å². The van der Waals surface area contributed by atoms with Gasteiger partial charge >= 0.3 is 0 Å². The SMILES string of the molecule is Cc1ccc(C=CC(=O)NC(C)c2nn[nH]n2)c(Br)c1. The second-order valence-corrected chi connectivity index (χ2v) is 5.21. The molecular weight excluding hydrogens is 322 g/mol. The Morgan fingerprint density at radius 3 is 2.95 bits per heavy atom. The number of nitrogens with zero attached hydrogens (tertiary/aromatic N) is 3. The predicted molar refractivity (Wildman–Crippen MR) is 78.6 cm³/mol. The normalized spacial score (nSPS) is 12.6. The molecule has 2 N–H and O–H groups in total. The van der Waals surface area contributed by atoms with Crippen molar-refractivity contribution < 1.29 is 4.79 Å². The van der Waals surface area contributed by atoms with E-state index < -0.39 is 0 Å². The standard InChI is InChI=1S/C13H14BrN5O/c1-8-3-4-10(11(14)7-8)5-6-12(20)15-9(2)13-16-18-19-17-13/h3-7,9H,1-2H3,(H,15,20)(H,16,17,18,19). The topological polar surface area (TPSA) is 83.6 Å². The molecular formula is C13H14BrN5O. The summed E-state index contributed by atoms with van der Waals surface area (Å²) in [5.41, 5.74) is 2.10. The van der Waals surface area contributed by atoms with Crippen LogP contribution in [-0.4, -0.2) is 26.5 Å². The number of nitrogens with one attached hydrogen (secondary N) is 2. The minimum atomic E-state index is -0.299. The molecule has 0 spiro atoms. The number of rotatable bonds is 4. The van der Waals surface area contributed by atoms with E-state index in [0.717, 1.165) is 15.6 Å². The summed E-state index contributed by atoms with van der Waals surface area (Å²) in [5, 5.41) is 16.2. The van der Waals surface area contributed by atoms with Gasteiger partial charge < -0.3 is 5.32 Å². The lowest BCUT2D eigenvalue weighted by molar-refractivity contribution is -0.117. The quantitative estimate of drug-likeness (QED) is 0.838. The van der Waals surface area contributed by atoms with Gasteiger partial charge in [-0.15, -0.1) is 10.2 Å². The van der Waals surface area contributed by atoms with Gasteiger partial charge in [0, 0.05) is 10.5 Å². The Morgan fingerprint density at radius 2 is 2.30 bits per heavy atom. The van der Waals surface area contributed by atoms with Crippen molar-refractivity contribution in [2.45, 2.75) is 19.9 Å². The van der Waals surface area contributed by atoms with Crippen LogP contribution in [0.5, 0.6) is 0 Å². The Balaban J connectivity index is 1.99. The molecule has 7 heteroatoms. The Morgan fingerprint density at radius 1 is 1.50 bits per heavy atom. The molecule has 1 aromatic carbocycles. The second-order valence-electron chi connectivity index (χ2n) is 4.36. The Hall–Kier alpha value is -2.02. The number of carbonyl (C=O) groups excluding carboxylic acids is 1. The van der Waals surface area contributed by atoms with Gasteiger partial charge in [0.2, 0.25) is 5.91 Å². The van der Waals surface area contributed by atoms with E-state index in [1.165, 1.54) is 6.08 Å². The first kappa shape index (κ1) is 14.4. The summed E-state index contributed by atoms with van der Waals surface area (Å²) >= 11 is 3.46. The van der Waals surface area contributed by atoms with E-state index in [1.807, 2.05) is 25.1 Å². The van der Waals surface area contributed by atoms with Crippen molar-refractivity contribution >= 4 is 27.9 Å². The lowest BCUT2D eigenvalue weighted by Crippen LogP contribution is -2.25. The van der Waals surface area contributed by atoms with Gasteiger partial charge in [0.25, 0.3) is 0 Å². The lowest BCUT2D eigenvalue weighted by Gasteiger charge is -2.07. The highest BCUT2D eigenvalue weighted by Crippen LogP contribution is 2.19. The number of tetrazole rings is 1. The van der Waals surface area contributed by atoms with E-state index in [4.69, 9.17) is 0 Å². The van der Waals surface area contributed by atoms with Crippen molar-refractivity contribution in [2.75, 3.05) is 0 Å². The van der Waals surface area contributed by atoms with Crippen LogP contribution in [0, 0.1) is 6.92 Å². The van der Waals surface area contributed by atoms with Gasteiger partial charge in [-0.1, -0.05) is 33.3 Å². The molecule has 0 saturated heterocycles. The molecule has 1 amide bonds. The molecule has 0 bridgehead atoms. The predicted octanol–water partition coefficient (Wildman–Crippen LogP) is 2.16. The number of benzene rings is 1. The van der Waals surface area contributed by atoms with Crippen LogP contribution in [0.15, 0.2) is 28.7 Å². The molecule has 1 heterocycles. The summed E-state index contributed by atoms with van der Waals surface area (Å²) in [4.78, 5) is 11.8. The van der Waals surface area contributed by atoms with E-state index in [0.29, 0.717) is 5.82 Å². The molecule has 0 fully saturated rings. The lowest BCUT2D eigenvalue weighted by atomic mass is 10.1. The molecule has 2 rings (SSSR count). The van der Waals surface area contributed by atoms with Crippen molar-refractivity contribution in [1.29, 1.82) is 0 Å². The zero-order valence-corrected chi connectivity index (χ0v) is 12.7. The molecule has 20 heavy (non-hydrogen) atoms. The first-order valence-corrected chi connectivity index (χ1v) is 6.83. The number of H-pyrrole nitrogens is 1. The molecule has 2 aromatic rings. The highest BCUT2D eigenvalue weighted by Gasteiger charge is 2.11. The fraction of sp³-hybridized carbons (Fsp3) is 0.231. The van der Waals surface area contributed by atoms with Crippen LogP contribution < -0.4 is 5.32 Å². The molecule has 0 aliphatic heterocycles. The molecule has 0 aliphatic carbocycles. The van der Waals surface area contributed by atoms with Crippen LogP contribution in [0.3, 0.4) is 0 Å². The van der Waals surface area contributed by atoms with Crippen molar-refractivity contribution in [3.63, 3.8) is 0 Å². The average molecular weight is 336 g/mol. The van der Waals surface area contributed by atoms with Gasteiger partial charge in [0.05, 0.1) is 6.04 Å². The smallest absolute Gasteiger partial charge is 0.244 e. The highest BCUT2D eigenvalue weighted by atomic mass is 79.9. The number of hydrogen-bond donors (Lipinski definition) is 2. The van der Waals surface area contributed by atoms with Gasteiger partial charge in [0.15, 0.2) is 5.82 Å². The first-order valence-electron chi connectivity index (χ1n) is 6.04. The summed E-state index contributed by atoms with van der Waals surface area (Å²) in [6, 6.07) is 5.64. The van der Waals surface area contributed by atoms with E-state index >= 15 is 0 Å². The summed E-state index contributed by atoms with van der Waals surface area (Å²) < 4.78 is 0.952. The molecule has 1 unspecified atom stereocenters. The summed E-state index contributed by atoms with van der Waals surface area (Å²) in [7, 11) is 0. The van der Waals surface area contributed by atoms with Gasteiger partial charge in [0.1, 0.15) is 0 Å². The number of aromatic nitrogens is 4. The number of halogens is 1. The van der Waals surface area contributed by atoms with Crippen LogP contribution in [0.1, 0.15) is 29.9 Å². The third-order valence-electron chi connectivity index (χ3n) is 2.68. The zero-order valence-electron chi connectivity index (χ0n) is 11.1. The van der Waals surface area contributed by atoms with Crippen LogP contribution in [0.2, 0.25) is 0 Å². The number of aryl methyl sites for hydroxylation is 1. The summed E-state index contributed by atoms with van der Waals surface area (Å²) in [5.74, 6) is 0.234. The fourth-order valence-electron chi connectivity index (χ4n) is 1.61. The van der Waals surface area contributed by atoms with Gasteiger partial charge in [-0.3, -0.25) is 4.79 Å². The summed E-state index contributed by atoms with van der Waals surface area (Å²) in [6.45, 7) is 3.80. The van der Waals surface area contributed by atoms with Gasteiger partial charge in [-0.05, 0) is 37.1 Å². The van der Waals surface area contributed by atoms with E-state index in [-0.39, 0.29) is 11.9 Å². The molecule has 104 valence electrons. The monoisotopic (exact) mass is 335 g/mol. The van der Waals surface area contributed by atoms with E-state index in [9.17, 15) is 4.79 Å². The highest BCUT2D eigenvalue weighted by molar-refractivity contribution is 9.10. The average Bonchev–Trinajstić information content (AvgIpc) is 2.91. The summed E-state index contributed by atoms with van der Waals surface area (Å²) in [6.07, 6.45) is 3.23. The largest absolute Gasteiger partial charge is 0.343 e. The molecule has 1 atom stereocenters. The molecule has 1 aromatic heterocycles. The van der Waals surface area contributed by atoms with Crippen LogP contribution in [-0.2, 0) is 4.79 Å². The van der Waals surface area contributed by atoms with Gasteiger partial charge in [-0.2, -0.15) is 5.21 Å². The molecule has 0 radical (unpaired) electrons.